The van der Waals surface area contributed by atoms with Gasteiger partial charge in [0, 0.05) is 17.5 Å². The normalized spacial score (nSPS) is 17.9. The molecular weight excluding hydrogens is 402 g/mol. The summed E-state index contributed by atoms with van der Waals surface area (Å²) in [6, 6.07) is 25.8. The lowest BCUT2D eigenvalue weighted by Gasteiger charge is -2.21. The van der Waals surface area contributed by atoms with Crippen molar-refractivity contribution >= 4 is 34.4 Å². The van der Waals surface area contributed by atoms with E-state index in [1.165, 1.54) is 4.90 Å². The standard InChI is InChI=1S/C27H21NO4/c29-23(25-17-20-12-4-7-15-24(20)32-25)18-27(31)21-13-5-6-14-22(21)28(26(27)30)16-8-11-19-9-2-1-3-10-19/h1-15,17,31H,16,18H2/b11-8+/t27-/m0/s1. The quantitative estimate of drug-likeness (QED) is 0.445. The van der Waals surface area contributed by atoms with Gasteiger partial charge in [0.2, 0.25) is 5.78 Å². The molecule has 5 rings (SSSR count). The summed E-state index contributed by atoms with van der Waals surface area (Å²) in [6.45, 7) is 0.284. The first kappa shape index (κ1) is 20.0. The minimum absolute atomic E-state index is 0.132. The number of rotatable bonds is 6. The highest BCUT2D eigenvalue weighted by Crippen LogP contribution is 2.43. The molecule has 1 aromatic heterocycles. The van der Waals surface area contributed by atoms with Gasteiger partial charge >= 0.3 is 0 Å². The van der Waals surface area contributed by atoms with Crippen LogP contribution in [0.5, 0.6) is 0 Å². The lowest BCUT2D eigenvalue weighted by molar-refractivity contribution is -0.135. The van der Waals surface area contributed by atoms with Gasteiger partial charge in [-0.15, -0.1) is 0 Å². The number of hydrogen-bond acceptors (Lipinski definition) is 4. The lowest BCUT2D eigenvalue weighted by Crippen LogP contribution is -2.41. The number of amides is 1. The highest BCUT2D eigenvalue weighted by molar-refractivity contribution is 6.11. The zero-order valence-corrected chi connectivity index (χ0v) is 17.3. The molecule has 1 aliphatic heterocycles. The van der Waals surface area contributed by atoms with Crippen LogP contribution in [0.3, 0.4) is 0 Å². The summed E-state index contributed by atoms with van der Waals surface area (Å²) in [7, 11) is 0. The van der Waals surface area contributed by atoms with Gasteiger partial charge in [-0.2, -0.15) is 0 Å². The third-order valence-corrected chi connectivity index (χ3v) is 5.75. The summed E-state index contributed by atoms with van der Waals surface area (Å²) >= 11 is 0. The van der Waals surface area contributed by atoms with Gasteiger partial charge in [0.25, 0.3) is 5.91 Å². The van der Waals surface area contributed by atoms with E-state index in [-0.39, 0.29) is 18.7 Å². The first-order valence-electron chi connectivity index (χ1n) is 10.4. The first-order valence-corrected chi connectivity index (χ1v) is 10.4. The van der Waals surface area contributed by atoms with Gasteiger partial charge in [-0.3, -0.25) is 9.59 Å². The molecule has 0 fully saturated rings. The molecule has 158 valence electrons. The van der Waals surface area contributed by atoms with Gasteiger partial charge in [-0.1, -0.05) is 78.9 Å². The number of carbonyl (C=O) groups excluding carboxylic acids is 2. The number of fused-ring (bicyclic) bond motifs is 2. The molecule has 4 aromatic rings. The van der Waals surface area contributed by atoms with E-state index in [2.05, 4.69) is 0 Å². The predicted octanol–water partition coefficient (Wildman–Crippen LogP) is 4.95. The Morgan fingerprint density at radius 2 is 1.69 bits per heavy atom. The SMILES string of the molecule is O=C(C[C@@]1(O)C(=O)N(C/C=C/c2ccccc2)c2ccccc21)c1cc2ccccc2o1. The number of para-hydroxylation sites is 2. The number of anilines is 1. The molecule has 5 heteroatoms. The fourth-order valence-corrected chi connectivity index (χ4v) is 4.16. The molecule has 1 aliphatic rings. The zero-order chi connectivity index (χ0) is 22.1. The van der Waals surface area contributed by atoms with Crippen LogP contribution in [0.25, 0.3) is 17.0 Å². The first-order chi connectivity index (χ1) is 15.6. The molecule has 0 unspecified atom stereocenters. The molecule has 0 spiro atoms. The summed E-state index contributed by atoms with van der Waals surface area (Å²) < 4.78 is 5.65. The van der Waals surface area contributed by atoms with Crippen LogP contribution in [-0.2, 0) is 10.4 Å². The number of benzene rings is 3. The van der Waals surface area contributed by atoms with Crippen molar-refractivity contribution in [2.24, 2.45) is 0 Å². The Balaban J connectivity index is 1.42. The Bertz CT molecular complexity index is 1310. The van der Waals surface area contributed by atoms with Crippen LogP contribution >= 0.6 is 0 Å². The molecule has 0 aliphatic carbocycles. The molecule has 3 aromatic carbocycles. The smallest absolute Gasteiger partial charge is 0.264 e. The van der Waals surface area contributed by atoms with Gasteiger partial charge in [0.05, 0.1) is 12.1 Å². The van der Waals surface area contributed by atoms with Gasteiger partial charge in [-0.25, -0.2) is 0 Å². The molecule has 0 saturated carbocycles. The fraction of sp³-hybridized carbons (Fsp3) is 0.111. The van der Waals surface area contributed by atoms with Crippen molar-refractivity contribution in [2.45, 2.75) is 12.0 Å². The summed E-state index contributed by atoms with van der Waals surface area (Å²) in [5.41, 5.74) is 0.710. The lowest BCUT2D eigenvalue weighted by atomic mass is 9.89. The van der Waals surface area contributed by atoms with Crippen molar-refractivity contribution in [1.82, 2.24) is 0 Å². The second kappa shape index (κ2) is 7.94. The second-order valence-electron chi connectivity index (χ2n) is 7.85. The number of carbonyl (C=O) groups is 2. The number of nitrogens with zero attached hydrogens (tertiary/aromatic N) is 1. The van der Waals surface area contributed by atoms with E-state index in [0.29, 0.717) is 16.8 Å². The minimum atomic E-state index is -1.94. The fourth-order valence-electron chi connectivity index (χ4n) is 4.16. The molecule has 0 bridgehead atoms. The van der Waals surface area contributed by atoms with Crippen LogP contribution in [0, 0.1) is 0 Å². The molecule has 1 amide bonds. The maximum atomic E-state index is 13.3. The number of furan rings is 1. The summed E-state index contributed by atoms with van der Waals surface area (Å²) in [6.07, 6.45) is 3.41. The number of Topliss-reactive ketones (excluding diaryl/α,β-unsaturated/α-hetero) is 1. The van der Waals surface area contributed by atoms with Crippen molar-refractivity contribution in [3.05, 3.63) is 108 Å². The van der Waals surface area contributed by atoms with Gasteiger partial charge in [0.1, 0.15) is 5.58 Å². The Labute approximate surface area is 185 Å². The molecule has 0 radical (unpaired) electrons. The highest BCUT2D eigenvalue weighted by atomic mass is 16.3. The number of aliphatic hydroxyl groups is 1. The van der Waals surface area contributed by atoms with E-state index >= 15 is 0 Å². The van der Waals surface area contributed by atoms with E-state index in [1.54, 1.807) is 30.3 Å². The summed E-state index contributed by atoms with van der Waals surface area (Å²) in [5.74, 6) is -0.804. The van der Waals surface area contributed by atoms with Crippen molar-refractivity contribution in [3.8, 4) is 0 Å². The molecule has 1 N–H and O–H groups in total. The molecule has 0 saturated heterocycles. The third-order valence-electron chi connectivity index (χ3n) is 5.75. The van der Waals surface area contributed by atoms with Crippen LogP contribution in [0.4, 0.5) is 5.69 Å². The molecule has 2 heterocycles. The molecule has 5 nitrogen and oxygen atoms in total. The van der Waals surface area contributed by atoms with E-state index in [1.807, 2.05) is 66.7 Å². The topological polar surface area (TPSA) is 70.8 Å². The third kappa shape index (κ3) is 3.43. The second-order valence-corrected chi connectivity index (χ2v) is 7.85. The van der Waals surface area contributed by atoms with Crippen LogP contribution < -0.4 is 4.90 Å². The number of hydrogen-bond donors (Lipinski definition) is 1. The Kier molecular flexibility index (Phi) is 4.96. The number of ketones is 1. The van der Waals surface area contributed by atoms with E-state index in [0.717, 1.165) is 10.9 Å². The molecular formula is C27H21NO4. The van der Waals surface area contributed by atoms with Crippen LogP contribution in [0.1, 0.15) is 28.1 Å². The summed E-state index contributed by atoms with van der Waals surface area (Å²) in [5, 5.41) is 12.2. The van der Waals surface area contributed by atoms with Crippen LogP contribution in [0.2, 0.25) is 0 Å². The van der Waals surface area contributed by atoms with Crippen molar-refractivity contribution < 1.29 is 19.1 Å². The largest absolute Gasteiger partial charge is 0.453 e. The monoisotopic (exact) mass is 423 g/mol. The van der Waals surface area contributed by atoms with Crippen molar-refractivity contribution in [3.63, 3.8) is 0 Å². The van der Waals surface area contributed by atoms with E-state index in [9.17, 15) is 14.7 Å². The Morgan fingerprint density at radius 1 is 0.969 bits per heavy atom. The van der Waals surface area contributed by atoms with E-state index < -0.39 is 17.3 Å². The minimum Gasteiger partial charge on any atom is -0.453 e. The molecule has 1 atom stereocenters. The molecule has 32 heavy (non-hydrogen) atoms. The maximum absolute atomic E-state index is 13.3. The summed E-state index contributed by atoms with van der Waals surface area (Å²) in [4.78, 5) is 27.8. The highest BCUT2D eigenvalue weighted by Gasteiger charge is 2.50. The van der Waals surface area contributed by atoms with Gasteiger partial charge in [0.15, 0.2) is 11.4 Å². The van der Waals surface area contributed by atoms with Crippen molar-refractivity contribution in [1.29, 1.82) is 0 Å². The van der Waals surface area contributed by atoms with E-state index in [4.69, 9.17) is 4.42 Å². The van der Waals surface area contributed by atoms with Gasteiger partial charge in [-0.05, 0) is 23.8 Å². The van der Waals surface area contributed by atoms with Crippen LogP contribution in [0.15, 0.2) is 95.4 Å². The van der Waals surface area contributed by atoms with Crippen LogP contribution in [-0.4, -0.2) is 23.3 Å². The van der Waals surface area contributed by atoms with Gasteiger partial charge < -0.3 is 14.4 Å². The van der Waals surface area contributed by atoms with Crippen molar-refractivity contribution in [2.75, 3.05) is 11.4 Å². The predicted molar refractivity (Wildman–Crippen MR) is 123 cm³/mol. The Hall–Kier alpha value is -3.96. The average Bonchev–Trinajstić information content (AvgIpc) is 3.34. The Morgan fingerprint density at radius 3 is 2.50 bits per heavy atom. The average molecular weight is 423 g/mol. The zero-order valence-electron chi connectivity index (χ0n) is 17.3. The maximum Gasteiger partial charge on any atom is 0.264 e.